The van der Waals surface area contributed by atoms with E-state index in [0.717, 1.165) is 22.3 Å². The number of sulfone groups is 1. The van der Waals surface area contributed by atoms with Gasteiger partial charge in [-0.1, -0.05) is 22.9 Å². The quantitative estimate of drug-likeness (QED) is 0.827. The number of rotatable bonds is 7. The first-order valence-corrected chi connectivity index (χ1v) is 8.57. The molecule has 0 atom stereocenters. The van der Waals surface area contributed by atoms with E-state index in [4.69, 9.17) is 4.74 Å². The Hall–Kier alpha value is -0.590. The van der Waals surface area contributed by atoms with Gasteiger partial charge in [-0.05, 0) is 24.7 Å². The lowest BCUT2D eigenvalue weighted by Gasteiger charge is -2.12. The van der Waals surface area contributed by atoms with Crippen molar-refractivity contribution in [3.63, 3.8) is 0 Å². The minimum atomic E-state index is -2.98. The van der Waals surface area contributed by atoms with Gasteiger partial charge in [0.05, 0.1) is 5.75 Å². The van der Waals surface area contributed by atoms with Crippen molar-refractivity contribution >= 4 is 25.8 Å². The van der Waals surface area contributed by atoms with E-state index in [9.17, 15) is 8.42 Å². The third kappa shape index (κ3) is 5.84. The number of ether oxygens (including phenoxy) is 1. The number of nitrogens with one attached hydrogen (secondary N) is 1. The van der Waals surface area contributed by atoms with Crippen LogP contribution < -0.4 is 10.1 Å². The second kappa shape index (κ2) is 7.11. The maximum atomic E-state index is 11.0. The molecule has 1 aromatic carbocycles. The van der Waals surface area contributed by atoms with Crippen molar-refractivity contribution in [1.82, 2.24) is 5.32 Å². The van der Waals surface area contributed by atoms with Crippen LogP contribution in [0.3, 0.4) is 0 Å². The topological polar surface area (TPSA) is 55.4 Å². The molecule has 0 saturated heterocycles. The molecule has 0 aliphatic carbocycles. The minimum Gasteiger partial charge on any atom is -0.492 e. The lowest BCUT2D eigenvalue weighted by Crippen LogP contribution is -2.15. The molecule has 0 aromatic heterocycles. The summed E-state index contributed by atoms with van der Waals surface area (Å²) in [6.07, 6.45) is 1.21. The van der Waals surface area contributed by atoms with Crippen LogP contribution >= 0.6 is 15.9 Å². The van der Waals surface area contributed by atoms with E-state index < -0.39 is 9.84 Å². The van der Waals surface area contributed by atoms with Gasteiger partial charge in [0.15, 0.2) is 9.84 Å². The van der Waals surface area contributed by atoms with Crippen LogP contribution in [0, 0.1) is 0 Å². The fraction of sp³-hybridized carbons (Fsp3) is 0.500. The average molecular weight is 336 g/mol. The van der Waals surface area contributed by atoms with Crippen LogP contribution in [-0.4, -0.2) is 33.6 Å². The van der Waals surface area contributed by atoms with Crippen molar-refractivity contribution in [2.45, 2.75) is 13.5 Å². The Balaban J connectivity index is 2.68. The van der Waals surface area contributed by atoms with Gasteiger partial charge in [-0.25, -0.2) is 8.42 Å². The number of hydrogen-bond acceptors (Lipinski definition) is 4. The molecule has 0 spiro atoms. The summed E-state index contributed by atoms with van der Waals surface area (Å²) in [4.78, 5) is 0. The summed E-state index contributed by atoms with van der Waals surface area (Å²) in [7, 11) is -2.98. The highest BCUT2D eigenvalue weighted by Gasteiger charge is 2.07. The van der Waals surface area contributed by atoms with Gasteiger partial charge in [-0.15, -0.1) is 0 Å². The van der Waals surface area contributed by atoms with Crippen LogP contribution in [0.1, 0.15) is 12.5 Å². The van der Waals surface area contributed by atoms with Gasteiger partial charge in [-0.2, -0.15) is 0 Å². The van der Waals surface area contributed by atoms with E-state index >= 15 is 0 Å². The van der Waals surface area contributed by atoms with Crippen LogP contribution in [0.15, 0.2) is 22.7 Å². The van der Waals surface area contributed by atoms with Crippen LogP contribution in [-0.2, 0) is 16.4 Å². The first-order chi connectivity index (χ1) is 8.42. The van der Waals surface area contributed by atoms with Crippen molar-refractivity contribution < 1.29 is 13.2 Å². The monoisotopic (exact) mass is 335 g/mol. The average Bonchev–Trinajstić information content (AvgIpc) is 2.27. The van der Waals surface area contributed by atoms with Crippen molar-refractivity contribution in [2.75, 3.05) is 25.2 Å². The van der Waals surface area contributed by atoms with Crippen LogP contribution in [0.4, 0.5) is 0 Å². The highest BCUT2D eigenvalue weighted by molar-refractivity contribution is 9.10. The summed E-state index contributed by atoms with van der Waals surface area (Å²) in [5, 5.41) is 3.22. The zero-order valence-corrected chi connectivity index (χ0v) is 13.0. The molecule has 0 heterocycles. The molecular formula is C12H18BrNO3S. The van der Waals surface area contributed by atoms with Crippen molar-refractivity contribution in [3.8, 4) is 5.75 Å². The molecule has 0 amide bonds. The zero-order chi connectivity index (χ0) is 13.6. The van der Waals surface area contributed by atoms with Gasteiger partial charge in [-0.3, -0.25) is 0 Å². The first kappa shape index (κ1) is 15.5. The van der Waals surface area contributed by atoms with E-state index in [2.05, 4.69) is 21.2 Å². The largest absolute Gasteiger partial charge is 0.492 e. The Morgan fingerprint density at radius 2 is 2.11 bits per heavy atom. The normalized spacial score (nSPS) is 11.5. The van der Waals surface area contributed by atoms with Crippen molar-refractivity contribution in [2.24, 2.45) is 0 Å². The number of halogens is 1. The van der Waals surface area contributed by atoms with E-state index in [-0.39, 0.29) is 12.4 Å². The highest BCUT2D eigenvalue weighted by atomic mass is 79.9. The maximum absolute atomic E-state index is 11.0. The van der Waals surface area contributed by atoms with E-state index in [0.29, 0.717) is 6.54 Å². The molecule has 0 unspecified atom stereocenters. The first-order valence-electron chi connectivity index (χ1n) is 5.72. The van der Waals surface area contributed by atoms with Gasteiger partial charge in [0, 0.05) is 22.8 Å². The molecule has 4 nitrogen and oxygen atoms in total. The van der Waals surface area contributed by atoms with Gasteiger partial charge >= 0.3 is 0 Å². The van der Waals surface area contributed by atoms with Crippen LogP contribution in [0.5, 0.6) is 5.75 Å². The standard InChI is InChI=1S/C12H18BrNO3S/c1-3-14-9-10-8-11(13)4-5-12(10)17-6-7-18(2,15)16/h4-5,8,14H,3,6-7,9H2,1-2H3. The highest BCUT2D eigenvalue weighted by Crippen LogP contribution is 2.23. The van der Waals surface area contributed by atoms with E-state index in [1.54, 1.807) is 0 Å². The maximum Gasteiger partial charge on any atom is 0.150 e. The van der Waals surface area contributed by atoms with Crippen LogP contribution in [0.25, 0.3) is 0 Å². The summed E-state index contributed by atoms with van der Waals surface area (Å²) >= 11 is 3.41. The van der Waals surface area contributed by atoms with E-state index in [1.165, 1.54) is 6.26 Å². The Bertz CT molecular complexity index is 488. The molecule has 0 fully saturated rings. The van der Waals surface area contributed by atoms with Crippen molar-refractivity contribution in [3.05, 3.63) is 28.2 Å². The number of benzene rings is 1. The van der Waals surface area contributed by atoms with Crippen molar-refractivity contribution in [1.29, 1.82) is 0 Å². The Morgan fingerprint density at radius 1 is 1.39 bits per heavy atom. The molecule has 0 radical (unpaired) electrons. The van der Waals surface area contributed by atoms with Gasteiger partial charge < -0.3 is 10.1 Å². The molecule has 18 heavy (non-hydrogen) atoms. The predicted octanol–water partition coefficient (Wildman–Crippen LogP) is 1.98. The summed E-state index contributed by atoms with van der Waals surface area (Å²) in [6.45, 7) is 3.78. The van der Waals surface area contributed by atoms with Gasteiger partial charge in [0.1, 0.15) is 12.4 Å². The predicted molar refractivity (Wildman–Crippen MR) is 76.7 cm³/mol. The Labute approximate surface area is 117 Å². The lowest BCUT2D eigenvalue weighted by molar-refractivity contribution is 0.336. The Morgan fingerprint density at radius 3 is 2.72 bits per heavy atom. The molecule has 6 heteroatoms. The third-order valence-corrected chi connectivity index (χ3v) is 3.70. The molecule has 0 saturated carbocycles. The molecule has 1 N–H and O–H groups in total. The van der Waals surface area contributed by atoms with Gasteiger partial charge in [0.2, 0.25) is 0 Å². The summed E-state index contributed by atoms with van der Waals surface area (Å²) in [5.41, 5.74) is 1.01. The lowest BCUT2D eigenvalue weighted by atomic mass is 10.2. The SMILES string of the molecule is CCNCc1cc(Br)ccc1OCCS(C)(=O)=O. The molecule has 0 aliphatic rings. The summed E-state index contributed by atoms with van der Waals surface area (Å²) in [5.74, 6) is 0.756. The fourth-order valence-corrected chi connectivity index (χ4v) is 2.18. The molecule has 0 bridgehead atoms. The Kier molecular flexibility index (Phi) is 6.11. The summed E-state index contributed by atoms with van der Waals surface area (Å²) in [6, 6.07) is 5.70. The minimum absolute atomic E-state index is 0.0315. The second-order valence-electron chi connectivity index (χ2n) is 4.01. The fourth-order valence-electron chi connectivity index (χ4n) is 1.39. The van der Waals surface area contributed by atoms with E-state index in [1.807, 2.05) is 25.1 Å². The van der Waals surface area contributed by atoms with Crippen LogP contribution in [0.2, 0.25) is 0 Å². The molecular weight excluding hydrogens is 318 g/mol. The number of hydrogen-bond donors (Lipinski definition) is 1. The van der Waals surface area contributed by atoms with Gasteiger partial charge in [0.25, 0.3) is 0 Å². The summed E-state index contributed by atoms with van der Waals surface area (Å²) < 4.78 is 28.6. The molecule has 0 aliphatic heterocycles. The smallest absolute Gasteiger partial charge is 0.150 e. The molecule has 1 rings (SSSR count). The second-order valence-corrected chi connectivity index (χ2v) is 7.19. The molecule has 1 aromatic rings. The molecule has 102 valence electrons. The third-order valence-electron chi connectivity index (χ3n) is 2.30. The zero-order valence-electron chi connectivity index (χ0n) is 10.6.